The van der Waals surface area contributed by atoms with Gasteiger partial charge >= 0.3 is 5.97 Å². The van der Waals surface area contributed by atoms with Crippen LogP contribution in [-0.4, -0.2) is 19.2 Å². The van der Waals surface area contributed by atoms with Crippen molar-refractivity contribution in [1.82, 2.24) is 0 Å². The maximum atomic E-state index is 11.3. The molecule has 0 fully saturated rings. The van der Waals surface area contributed by atoms with Gasteiger partial charge in [-0.1, -0.05) is 55.1 Å². The highest BCUT2D eigenvalue weighted by atomic mass is 16.5. The van der Waals surface area contributed by atoms with Crippen molar-refractivity contribution in [2.24, 2.45) is 0 Å². The molecule has 0 aliphatic carbocycles. The Morgan fingerprint density at radius 2 is 1.41 bits per heavy atom. The molecule has 0 amide bonds. The van der Waals surface area contributed by atoms with Crippen molar-refractivity contribution in [1.29, 1.82) is 0 Å². The van der Waals surface area contributed by atoms with E-state index in [0.29, 0.717) is 18.8 Å². The molecule has 0 spiro atoms. The van der Waals surface area contributed by atoms with Gasteiger partial charge in [0, 0.05) is 16.3 Å². The Bertz CT molecular complexity index is 889. The molecular formula is C24H26O3. The first-order chi connectivity index (χ1) is 13.2. The molecule has 0 heterocycles. The van der Waals surface area contributed by atoms with Gasteiger partial charge in [-0.2, -0.15) is 0 Å². The van der Waals surface area contributed by atoms with Crippen LogP contribution in [0.5, 0.6) is 5.75 Å². The minimum atomic E-state index is -0.304. The molecule has 0 N–H and O–H groups in total. The second-order valence-electron chi connectivity index (χ2n) is 6.83. The molecule has 3 aromatic carbocycles. The molecule has 0 aliphatic heterocycles. The summed E-state index contributed by atoms with van der Waals surface area (Å²) in [6, 6.07) is 18.9. The number of benzene rings is 3. The molecule has 0 aromatic heterocycles. The summed E-state index contributed by atoms with van der Waals surface area (Å²) in [4.78, 5) is 11.3. The number of fused-ring (bicyclic) bond motifs is 2. The Hall–Kier alpha value is -2.81. The smallest absolute Gasteiger partial charge is 0.333 e. The van der Waals surface area contributed by atoms with Crippen LogP contribution in [-0.2, 0) is 9.53 Å². The van der Waals surface area contributed by atoms with Crippen LogP contribution in [0, 0.1) is 0 Å². The normalized spacial score (nSPS) is 10.9. The van der Waals surface area contributed by atoms with Crippen LogP contribution in [0.25, 0.3) is 21.5 Å². The number of carbonyl (C=O) groups is 1. The lowest BCUT2D eigenvalue weighted by Gasteiger charge is -2.13. The highest BCUT2D eigenvalue weighted by molar-refractivity contribution is 6.05. The first kappa shape index (κ1) is 19.0. The summed E-state index contributed by atoms with van der Waals surface area (Å²) in [6.45, 7) is 6.38. The van der Waals surface area contributed by atoms with Gasteiger partial charge in [0.2, 0.25) is 0 Å². The predicted molar refractivity (Wildman–Crippen MR) is 111 cm³/mol. The van der Waals surface area contributed by atoms with Crippen molar-refractivity contribution in [2.45, 2.75) is 32.6 Å². The lowest BCUT2D eigenvalue weighted by atomic mass is 10.0. The lowest BCUT2D eigenvalue weighted by molar-refractivity contribution is -0.139. The number of esters is 1. The zero-order valence-corrected chi connectivity index (χ0v) is 15.9. The second-order valence-corrected chi connectivity index (χ2v) is 6.83. The molecule has 0 saturated carbocycles. The van der Waals surface area contributed by atoms with E-state index >= 15 is 0 Å². The van der Waals surface area contributed by atoms with Crippen molar-refractivity contribution in [3.05, 3.63) is 66.7 Å². The van der Waals surface area contributed by atoms with E-state index in [0.717, 1.165) is 42.2 Å². The minimum absolute atomic E-state index is 0.304. The van der Waals surface area contributed by atoms with Crippen LogP contribution in [0.15, 0.2) is 66.7 Å². The van der Waals surface area contributed by atoms with Crippen LogP contribution in [0.4, 0.5) is 0 Å². The van der Waals surface area contributed by atoms with Crippen molar-refractivity contribution < 1.29 is 14.3 Å². The third-order valence-corrected chi connectivity index (χ3v) is 4.59. The number of ether oxygens (including phenoxy) is 2. The molecule has 3 rings (SSSR count). The molecule has 27 heavy (non-hydrogen) atoms. The molecule has 0 unspecified atom stereocenters. The van der Waals surface area contributed by atoms with E-state index in [1.165, 1.54) is 10.8 Å². The molecule has 0 aliphatic rings. The van der Waals surface area contributed by atoms with E-state index in [1.807, 2.05) is 0 Å². The summed E-state index contributed by atoms with van der Waals surface area (Å²) in [5.41, 5.74) is 0.450. The summed E-state index contributed by atoms with van der Waals surface area (Å²) in [6.07, 6.45) is 3.92. The largest absolute Gasteiger partial charge is 0.492 e. The number of hydrogen-bond acceptors (Lipinski definition) is 3. The highest BCUT2D eigenvalue weighted by Crippen LogP contribution is 2.34. The van der Waals surface area contributed by atoms with Crippen molar-refractivity contribution in [3.8, 4) is 5.75 Å². The van der Waals surface area contributed by atoms with Crippen LogP contribution < -0.4 is 4.74 Å². The van der Waals surface area contributed by atoms with Crippen LogP contribution in [0.2, 0.25) is 0 Å². The van der Waals surface area contributed by atoms with Gasteiger partial charge in [-0.25, -0.2) is 4.79 Å². The van der Waals surface area contributed by atoms with Crippen LogP contribution in [0.1, 0.15) is 32.6 Å². The van der Waals surface area contributed by atoms with Crippen molar-refractivity contribution in [2.75, 3.05) is 13.2 Å². The second kappa shape index (κ2) is 9.22. The zero-order valence-electron chi connectivity index (χ0n) is 15.9. The SMILES string of the molecule is C=C(C)C(=O)OCCCCCCOc1c2ccccc2cc2ccccc12. The van der Waals surface area contributed by atoms with Gasteiger partial charge < -0.3 is 9.47 Å². The van der Waals surface area contributed by atoms with Gasteiger partial charge in [0.25, 0.3) is 0 Å². The van der Waals surface area contributed by atoms with Crippen molar-refractivity contribution in [3.63, 3.8) is 0 Å². The number of carbonyl (C=O) groups excluding carboxylic acids is 1. The average Bonchev–Trinajstić information content (AvgIpc) is 2.68. The summed E-state index contributed by atoms with van der Waals surface area (Å²) >= 11 is 0. The zero-order chi connectivity index (χ0) is 19.1. The highest BCUT2D eigenvalue weighted by Gasteiger charge is 2.08. The van der Waals surface area contributed by atoms with E-state index in [2.05, 4.69) is 61.2 Å². The topological polar surface area (TPSA) is 35.5 Å². The lowest BCUT2D eigenvalue weighted by Crippen LogP contribution is -2.06. The predicted octanol–water partition coefficient (Wildman–Crippen LogP) is 6.05. The van der Waals surface area contributed by atoms with Crippen LogP contribution in [0.3, 0.4) is 0 Å². The Balaban J connectivity index is 1.53. The van der Waals surface area contributed by atoms with E-state index < -0.39 is 0 Å². The van der Waals surface area contributed by atoms with E-state index in [9.17, 15) is 4.79 Å². The van der Waals surface area contributed by atoms with E-state index in [-0.39, 0.29) is 5.97 Å². The third-order valence-electron chi connectivity index (χ3n) is 4.59. The fourth-order valence-corrected chi connectivity index (χ4v) is 3.15. The Morgan fingerprint density at radius 3 is 2.00 bits per heavy atom. The maximum absolute atomic E-state index is 11.3. The van der Waals surface area contributed by atoms with Crippen molar-refractivity contribution >= 4 is 27.5 Å². The monoisotopic (exact) mass is 362 g/mol. The molecular weight excluding hydrogens is 336 g/mol. The molecule has 3 nitrogen and oxygen atoms in total. The van der Waals surface area contributed by atoms with Gasteiger partial charge in [-0.05, 0) is 49.4 Å². The Labute approximate surface area is 160 Å². The summed E-state index contributed by atoms with van der Waals surface area (Å²) in [5, 5.41) is 4.71. The number of rotatable bonds is 9. The minimum Gasteiger partial charge on any atom is -0.492 e. The Morgan fingerprint density at radius 1 is 0.852 bits per heavy atom. The molecule has 0 saturated heterocycles. The van der Waals surface area contributed by atoms with E-state index in [1.54, 1.807) is 6.92 Å². The number of hydrogen-bond donors (Lipinski definition) is 0. The third kappa shape index (κ3) is 4.88. The molecule has 0 bridgehead atoms. The summed E-state index contributed by atoms with van der Waals surface area (Å²) < 4.78 is 11.3. The van der Waals surface area contributed by atoms with Gasteiger partial charge in [0.15, 0.2) is 0 Å². The van der Waals surface area contributed by atoms with E-state index in [4.69, 9.17) is 9.47 Å². The fraction of sp³-hybridized carbons (Fsp3) is 0.292. The summed E-state index contributed by atoms with van der Waals surface area (Å²) in [7, 11) is 0. The van der Waals surface area contributed by atoms with Gasteiger partial charge in [0.05, 0.1) is 13.2 Å². The Kier molecular flexibility index (Phi) is 6.48. The van der Waals surface area contributed by atoms with Crippen LogP contribution >= 0.6 is 0 Å². The molecule has 3 heteroatoms. The summed E-state index contributed by atoms with van der Waals surface area (Å²) in [5.74, 6) is 0.667. The molecule has 0 radical (unpaired) electrons. The maximum Gasteiger partial charge on any atom is 0.333 e. The molecule has 140 valence electrons. The molecule has 0 atom stereocenters. The van der Waals surface area contributed by atoms with Gasteiger partial charge in [0.1, 0.15) is 5.75 Å². The molecule has 3 aromatic rings. The first-order valence-corrected chi connectivity index (χ1v) is 9.53. The van der Waals surface area contributed by atoms with Gasteiger partial charge in [-0.3, -0.25) is 0 Å². The first-order valence-electron chi connectivity index (χ1n) is 9.53. The van der Waals surface area contributed by atoms with Gasteiger partial charge in [-0.15, -0.1) is 0 Å². The standard InChI is InChI=1S/C24H26O3/c1-18(2)24(25)27-16-10-4-3-9-15-26-23-21-13-7-5-11-19(21)17-20-12-6-8-14-22(20)23/h5-8,11-14,17H,1,3-4,9-10,15-16H2,2H3. The quantitative estimate of drug-likeness (QED) is 0.201. The average molecular weight is 362 g/mol. The number of unbranched alkanes of at least 4 members (excludes halogenated alkanes) is 3. The fourth-order valence-electron chi connectivity index (χ4n) is 3.15.